The van der Waals surface area contributed by atoms with E-state index in [9.17, 15) is 0 Å². The molecular formula is C51H36N4S. The highest BCUT2D eigenvalue weighted by atomic mass is 32.2. The molecule has 7 aromatic carbocycles. The van der Waals surface area contributed by atoms with Crippen molar-refractivity contribution in [2.45, 2.75) is 23.9 Å². The summed E-state index contributed by atoms with van der Waals surface area (Å²) in [6.07, 6.45) is 7.81. The van der Waals surface area contributed by atoms with Crippen LogP contribution in [-0.2, 0) is 0 Å². The minimum Gasteiger partial charge on any atom is -0.309 e. The maximum Gasteiger partial charge on any atom is 0.128 e. The number of aliphatic imine (C=N–C) groups is 1. The number of benzene rings is 7. The van der Waals surface area contributed by atoms with Gasteiger partial charge in [-0.05, 0) is 94.1 Å². The number of hydrogen-bond donors (Lipinski definition) is 1. The van der Waals surface area contributed by atoms with E-state index in [1.807, 2.05) is 11.8 Å². The minimum absolute atomic E-state index is 0.0631. The molecule has 56 heavy (non-hydrogen) atoms. The van der Waals surface area contributed by atoms with Crippen LogP contribution in [0.3, 0.4) is 0 Å². The minimum atomic E-state index is -0.257. The molecule has 0 bridgehead atoms. The number of nitrogens with one attached hydrogen (secondary N) is 1. The molecule has 1 aliphatic carbocycles. The van der Waals surface area contributed by atoms with E-state index in [1.54, 1.807) is 0 Å². The largest absolute Gasteiger partial charge is 0.309 e. The van der Waals surface area contributed by atoms with E-state index in [-0.39, 0.29) is 17.5 Å². The summed E-state index contributed by atoms with van der Waals surface area (Å²) in [6.45, 7) is 0. The lowest BCUT2D eigenvalue weighted by molar-refractivity contribution is 0.477. The van der Waals surface area contributed by atoms with Crippen molar-refractivity contribution in [3.63, 3.8) is 0 Å². The number of hydrogen-bond acceptors (Lipinski definition) is 3. The van der Waals surface area contributed by atoms with Gasteiger partial charge in [-0.15, -0.1) is 11.8 Å². The predicted molar refractivity (Wildman–Crippen MR) is 237 cm³/mol. The first kappa shape index (κ1) is 31.9. The van der Waals surface area contributed by atoms with E-state index in [0.29, 0.717) is 0 Å². The molecule has 3 unspecified atom stereocenters. The van der Waals surface area contributed by atoms with Crippen LogP contribution < -0.4 is 5.32 Å². The van der Waals surface area contributed by atoms with Gasteiger partial charge in [0.05, 0.1) is 33.4 Å². The Morgan fingerprint density at radius 3 is 2.00 bits per heavy atom. The second-order valence-corrected chi connectivity index (χ2v) is 16.3. The molecule has 5 heteroatoms. The predicted octanol–water partition coefficient (Wildman–Crippen LogP) is 12.4. The lowest BCUT2D eigenvalue weighted by Crippen LogP contribution is -2.49. The molecule has 0 saturated heterocycles. The van der Waals surface area contributed by atoms with Crippen LogP contribution in [0.4, 0.5) is 0 Å². The Kier molecular flexibility index (Phi) is 7.16. The molecule has 2 aromatic heterocycles. The third kappa shape index (κ3) is 4.88. The van der Waals surface area contributed by atoms with Crippen LogP contribution >= 0.6 is 11.8 Å². The molecule has 4 nitrogen and oxygen atoms in total. The SMILES string of the molecule is C1=CC2=C(C=C(c3ccccc3)C1)SC1C(n3c4ccccc4c4cc5ccccc5cc43)=NC(c3ccc4c(c3)c3ccccc3n4-c3ccccc3)NC21. The van der Waals surface area contributed by atoms with Crippen LogP contribution in [0.2, 0.25) is 0 Å². The standard InChI is InChI=1S/C51H36N4S/c1-3-14-32(15-4-1)35-18-13-23-40-47(31-35)56-49-48(40)52-50(36-26-27-45-41(29-36)38-21-9-11-24-43(38)54(45)37-19-5-2-6-20-37)53-51(49)55-44-25-12-10-22-39(44)42-28-33-16-7-8-17-34(33)30-46(42)55/h1-17,19-31,48-50,52H,18H2. The average Bonchev–Trinajstić information content (AvgIpc) is 3.83. The van der Waals surface area contributed by atoms with E-state index in [2.05, 4.69) is 196 Å². The van der Waals surface area contributed by atoms with Gasteiger partial charge < -0.3 is 4.57 Å². The number of nitrogens with zero attached hydrogens (tertiary/aromatic N) is 3. The monoisotopic (exact) mass is 736 g/mol. The van der Waals surface area contributed by atoms with Gasteiger partial charge in [0.1, 0.15) is 12.0 Å². The Labute approximate surface area is 328 Å². The lowest BCUT2D eigenvalue weighted by atomic mass is 9.98. The maximum absolute atomic E-state index is 5.80. The smallest absolute Gasteiger partial charge is 0.128 e. The first-order chi connectivity index (χ1) is 27.8. The molecule has 0 fully saturated rings. The van der Waals surface area contributed by atoms with Crippen LogP contribution in [0.1, 0.15) is 23.7 Å². The molecule has 3 atom stereocenters. The van der Waals surface area contributed by atoms with Crippen LogP contribution in [0, 0.1) is 0 Å². The molecular weight excluding hydrogens is 701 g/mol. The van der Waals surface area contributed by atoms with E-state index >= 15 is 0 Å². The van der Waals surface area contributed by atoms with Gasteiger partial charge in [-0.2, -0.15) is 0 Å². The highest BCUT2D eigenvalue weighted by Crippen LogP contribution is 2.48. The van der Waals surface area contributed by atoms with Crippen molar-refractivity contribution in [2.75, 3.05) is 0 Å². The van der Waals surface area contributed by atoms with Gasteiger partial charge in [0.15, 0.2) is 0 Å². The normalized spacial score (nSPS) is 19.5. The van der Waals surface area contributed by atoms with Crippen molar-refractivity contribution in [3.8, 4) is 5.69 Å². The Bertz CT molecular complexity index is 3180. The summed E-state index contributed by atoms with van der Waals surface area (Å²) in [4.78, 5) is 7.12. The first-order valence-electron chi connectivity index (χ1n) is 19.4. The Morgan fingerprint density at radius 2 is 1.21 bits per heavy atom. The van der Waals surface area contributed by atoms with E-state index in [1.165, 1.54) is 76.0 Å². The second kappa shape index (κ2) is 12.6. The molecule has 0 amide bonds. The van der Waals surface area contributed by atoms with E-state index in [0.717, 1.165) is 23.5 Å². The maximum atomic E-state index is 5.80. The van der Waals surface area contributed by atoms with Gasteiger partial charge in [0.25, 0.3) is 0 Å². The number of para-hydroxylation sites is 3. The zero-order valence-corrected chi connectivity index (χ0v) is 31.3. The van der Waals surface area contributed by atoms with Gasteiger partial charge in [0, 0.05) is 32.1 Å². The Morgan fingerprint density at radius 1 is 0.571 bits per heavy atom. The molecule has 12 rings (SSSR count). The molecule has 9 aromatic rings. The van der Waals surface area contributed by atoms with Crippen LogP contribution in [0.5, 0.6) is 0 Å². The summed E-state index contributed by atoms with van der Waals surface area (Å²) in [7, 11) is 0. The fourth-order valence-corrected chi connectivity index (χ4v) is 10.8. The highest BCUT2D eigenvalue weighted by Gasteiger charge is 2.43. The zero-order valence-electron chi connectivity index (χ0n) is 30.5. The number of fused-ring (bicyclic) bond motifs is 9. The summed E-state index contributed by atoms with van der Waals surface area (Å²) in [5.74, 6) is 1.09. The third-order valence-corrected chi connectivity index (χ3v) is 13.3. The van der Waals surface area contributed by atoms with Crippen LogP contribution in [0.25, 0.3) is 65.6 Å². The van der Waals surface area contributed by atoms with E-state index < -0.39 is 0 Å². The van der Waals surface area contributed by atoms with Gasteiger partial charge in [-0.25, -0.2) is 4.99 Å². The molecule has 0 spiro atoms. The zero-order chi connectivity index (χ0) is 36.7. The number of aromatic nitrogens is 2. The molecule has 1 N–H and O–H groups in total. The Hall–Kier alpha value is -6.40. The molecule has 2 aliphatic heterocycles. The van der Waals surface area contributed by atoms with Crippen molar-refractivity contribution < 1.29 is 0 Å². The quantitative estimate of drug-likeness (QED) is 0.196. The topological polar surface area (TPSA) is 34.2 Å². The van der Waals surface area contributed by atoms with E-state index in [4.69, 9.17) is 4.99 Å². The van der Waals surface area contributed by atoms with Gasteiger partial charge >= 0.3 is 0 Å². The Balaban J connectivity index is 1.08. The van der Waals surface area contributed by atoms with Gasteiger partial charge in [-0.3, -0.25) is 9.88 Å². The van der Waals surface area contributed by atoms with Crippen molar-refractivity contribution >= 4 is 77.6 Å². The lowest BCUT2D eigenvalue weighted by Gasteiger charge is -2.34. The average molecular weight is 737 g/mol. The summed E-state index contributed by atoms with van der Waals surface area (Å²) in [5, 5.41) is 11.7. The summed E-state index contributed by atoms with van der Waals surface area (Å²) in [5.41, 5.74) is 11.1. The van der Waals surface area contributed by atoms with Crippen LogP contribution in [0.15, 0.2) is 197 Å². The summed E-state index contributed by atoms with van der Waals surface area (Å²) >= 11 is 1.95. The third-order valence-electron chi connectivity index (χ3n) is 11.9. The molecule has 0 radical (unpaired) electrons. The fraction of sp³-hybridized carbons (Fsp3) is 0.0784. The summed E-state index contributed by atoms with van der Waals surface area (Å²) < 4.78 is 4.86. The fourth-order valence-electron chi connectivity index (χ4n) is 9.34. The van der Waals surface area contributed by atoms with Crippen molar-refractivity contribution in [1.82, 2.24) is 14.5 Å². The number of rotatable bonds is 3. The second-order valence-electron chi connectivity index (χ2n) is 15.1. The van der Waals surface area contributed by atoms with Crippen molar-refractivity contribution in [2.24, 2.45) is 4.99 Å². The van der Waals surface area contributed by atoms with Crippen molar-refractivity contribution in [3.05, 3.63) is 204 Å². The van der Waals surface area contributed by atoms with Crippen molar-refractivity contribution in [1.29, 1.82) is 0 Å². The first-order valence-corrected chi connectivity index (χ1v) is 20.3. The number of thioether (sulfide) groups is 1. The molecule has 3 aliphatic rings. The van der Waals surface area contributed by atoms with Gasteiger partial charge in [-0.1, -0.05) is 127 Å². The number of allylic oxidation sites excluding steroid dienone is 3. The molecule has 4 heterocycles. The molecule has 0 saturated carbocycles. The summed E-state index contributed by atoms with van der Waals surface area (Å²) in [6, 6.07) is 59.6. The van der Waals surface area contributed by atoms with Gasteiger partial charge in [0.2, 0.25) is 0 Å². The van der Waals surface area contributed by atoms with Crippen LogP contribution in [-0.4, -0.2) is 26.3 Å². The highest BCUT2D eigenvalue weighted by molar-refractivity contribution is 8.05. The molecule has 266 valence electrons.